The van der Waals surface area contributed by atoms with Gasteiger partial charge in [0.2, 0.25) is 0 Å². The Labute approximate surface area is 102 Å². The highest BCUT2D eigenvalue weighted by Gasteiger charge is 2.34. The smallest absolute Gasteiger partial charge is 0.00472 e. The second-order valence-electron chi connectivity index (χ2n) is 6.50. The Balaban J connectivity index is 2.52. The SMILES string of the molecule is CC(C)CN(C)CC1(CN)CCCC(C)C1. The Morgan fingerprint density at radius 1 is 1.44 bits per heavy atom. The number of rotatable bonds is 5. The third-order valence-electron chi connectivity index (χ3n) is 3.90. The van der Waals surface area contributed by atoms with Gasteiger partial charge in [-0.15, -0.1) is 0 Å². The number of hydrogen-bond acceptors (Lipinski definition) is 2. The number of hydrogen-bond donors (Lipinski definition) is 1. The Morgan fingerprint density at radius 2 is 2.12 bits per heavy atom. The normalized spacial score (nSPS) is 31.3. The van der Waals surface area contributed by atoms with Crippen molar-refractivity contribution in [3.8, 4) is 0 Å². The zero-order chi connectivity index (χ0) is 12.2. The average Bonchev–Trinajstić information content (AvgIpc) is 2.16. The minimum atomic E-state index is 0.404. The quantitative estimate of drug-likeness (QED) is 0.781. The van der Waals surface area contributed by atoms with E-state index in [1.54, 1.807) is 0 Å². The lowest BCUT2D eigenvalue weighted by atomic mass is 9.70. The second kappa shape index (κ2) is 6.02. The van der Waals surface area contributed by atoms with Crippen LogP contribution in [0.15, 0.2) is 0 Å². The van der Waals surface area contributed by atoms with Gasteiger partial charge in [-0.1, -0.05) is 33.6 Å². The highest BCUT2D eigenvalue weighted by atomic mass is 15.1. The van der Waals surface area contributed by atoms with Gasteiger partial charge < -0.3 is 10.6 Å². The minimum absolute atomic E-state index is 0.404. The minimum Gasteiger partial charge on any atom is -0.330 e. The molecule has 0 aromatic rings. The molecule has 2 heteroatoms. The molecule has 1 aliphatic carbocycles. The van der Waals surface area contributed by atoms with E-state index in [0.29, 0.717) is 5.41 Å². The first-order chi connectivity index (χ1) is 7.47. The molecule has 1 rings (SSSR count). The molecule has 1 saturated carbocycles. The number of nitrogens with zero attached hydrogens (tertiary/aromatic N) is 1. The van der Waals surface area contributed by atoms with E-state index in [-0.39, 0.29) is 0 Å². The molecule has 1 fully saturated rings. The molecule has 0 saturated heterocycles. The van der Waals surface area contributed by atoms with Crippen molar-refractivity contribution in [3.05, 3.63) is 0 Å². The molecule has 2 N–H and O–H groups in total. The van der Waals surface area contributed by atoms with Crippen LogP contribution < -0.4 is 5.73 Å². The summed E-state index contributed by atoms with van der Waals surface area (Å²) in [4.78, 5) is 2.48. The first-order valence-electron chi connectivity index (χ1n) is 6.86. The van der Waals surface area contributed by atoms with Crippen LogP contribution in [-0.2, 0) is 0 Å². The van der Waals surface area contributed by atoms with Gasteiger partial charge in [-0.25, -0.2) is 0 Å². The summed E-state index contributed by atoms with van der Waals surface area (Å²) in [6, 6.07) is 0. The van der Waals surface area contributed by atoms with Crippen molar-refractivity contribution in [2.75, 3.05) is 26.7 Å². The van der Waals surface area contributed by atoms with Crippen molar-refractivity contribution in [1.82, 2.24) is 4.90 Å². The maximum Gasteiger partial charge on any atom is 0.00472 e. The summed E-state index contributed by atoms with van der Waals surface area (Å²) < 4.78 is 0. The van der Waals surface area contributed by atoms with E-state index in [0.717, 1.165) is 18.4 Å². The highest BCUT2D eigenvalue weighted by Crippen LogP contribution is 2.39. The maximum absolute atomic E-state index is 6.05. The van der Waals surface area contributed by atoms with Crippen LogP contribution in [0.4, 0.5) is 0 Å². The predicted molar refractivity (Wildman–Crippen MR) is 71.5 cm³/mol. The molecule has 2 atom stereocenters. The van der Waals surface area contributed by atoms with Crippen LogP contribution in [0.1, 0.15) is 46.5 Å². The summed E-state index contributed by atoms with van der Waals surface area (Å²) in [6.07, 6.45) is 5.42. The molecule has 0 aromatic carbocycles. The zero-order valence-corrected chi connectivity index (χ0v) is 11.6. The van der Waals surface area contributed by atoms with Gasteiger partial charge in [-0.3, -0.25) is 0 Å². The predicted octanol–water partition coefficient (Wildman–Crippen LogP) is 2.73. The van der Waals surface area contributed by atoms with E-state index in [1.165, 1.54) is 38.8 Å². The first-order valence-corrected chi connectivity index (χ1v) is 6.86. The van der Waals surface area contributed by atoms with Crippen molar-refractivity contribution in [2.45, 2.75) is 46.5 Å². The van der Waals surface area contributed by atoms with E-state index in [1.807, 2.05) is 0 Å². The summed E-state index contributed by atoms with van der Waals surface area (Å²) in [6.45, 7) is 10.2. The highest BCUT2D eigenvalue weighted by molar-refractivity contribution is 4.88. The molecule has 96 valence electrons. The first kappa shape index (κ1) is 14.0. The second-order valence-corrected chi connectivity index (χ2v) is 6.50. The van der Waals surface area contributed by atoms with Crippen LogP contribution in [0.25, 0.3) is 0 Å². The van der Waals surface area contributed by atoms with Gasteiger partial charge in [0, 0.05) is 13.1 Å². The molecule has 0 aliphatic heterocycles. The lowest BCUT2D eigenvalue weighted by Crippen LogP contribution is -2.44. The lowest BCUT2D eigenvalue weighted by Gasteiger charge is -2.42. The van der Waals surface area contributed by atoms with E-state index in [2.05, 4.69) is 32.7 Å². The summed E-state index contributed by atoms with van der Waals surface area (Å²) in [5.74, 6) is 1.62. The van der Waals surface area contributed by atoms with Crippen LogP contribution in [-0.4, -0.2) is 31.6 Å². The Bertz CT molecular complexity index is 203. The van der Waals surface area contributed by atoms with E-state index < -0.39 is 0 Å². The van der Waals surface area contributed by atoms with Crippen LogP contribution in [0.5, 0.6) is 0 Å². The van der Waals surface area contributed by atoms with E-state index in [9.17, 15) is 0 Å². The third-order valence-corrected chi connectivity index (χ3v) is 3.90. The van der Waals surface area contributed by atoms with Crippen molar-refractivity contribution < 1.29 is 0 Å². The van der Waals surface area contributed by atoms with Crippen LogP contribution in [0.3, 0.4) is 0 Å². The molecule has 0 amide bonds. The molecular weight excluding hydrogens is 196 g/mol. The zero-order valence-electron chi connectivity index (χ0n) is 11.6. The summed E-state index contributed by atoms with van der Waals surface area (Å²) in [7, 11) is 2.25. The molecule has 2 nitrogen and oxygen atoms in total. The van der Waals surface area contributed by atoms with Gasteiger partial charge in [0.25, 0.3) is 0 Å². The molecule has 0 spiro atoms. The van der Waals surface area contributed by atoms with Gasteiger partial charge in [-0.2, -0.15) is 0 Å². The van der Waals surface area contributed by atoms with Crippen molar-refractivity contribution >= 4 is 0 Å². The molecular formula is C14H30N2. The lowest BCUT2D eigenvalue weighted by molar-refractivity contribution is 0.0959. The molecule has 0 bridgehead atoms. The van der Waals surface area contributed by atoms with Gasteiger partial charge in [-0.05, 0) is 43.7 Å². The van der Waals surface area contributed by atoms with Gasteiger partial charge in [0.05, 0.1) is 0 Å². The van der Waals surface area contributed by atoms with E-state index >= 15 is 0 Å². The van der Waals surface area contributed by atoms with Gasteiger partial charge in [0.15, 0.2) is 0 Å². The van der Waals surface area contributed by atoms with E-state index in [4.69, 9.17) is 5.73 Å². The summed E-state index contributed by atoms with van der Waals surface area (Å²) in [5.41, 5.74) is 6.46. The fourth-order valence-corrected chi connectivity index (χ4v) is 3.42. The standard InChI is InChI=1S/C14H30N2/c1-12(2)9-16(4)11-14(10-15)7-5-6-13(3)8-14/h12-13H,5-11,15H2,1-4H3. The average molecular weight is 226 g/mol. The topological polar surface area (TPSA) is 29.3 Å². The molecule has 0 aromatic heterocycles. The van der Waals surface area contributed by atoms with Crippen LogP contribution in [0, 0.1) is 17.3 Å². The monoisotopic (exact) mass is 226 g/mol. The van der Waals surface area contributed by atoms with Crippen molar-refractivity contribution in [2.24, 2.45) is 23.0 Å². The van der Waals surface area contributed by atoms with Gasteiger partial charge >= 0.3 is 0 Å². The Kier molecular flexibility index (Phi) is 5.26. The maximum atomic E-state index is 6.05. The third kappa shape index (κ3) is 4.06. The van der Waals surface area contributed by atoms with Crippen LogP contribution in [0.2, 0.25) is 0 Å². The fourth-order valence-electron chi connectivity index (χ4n) is 3.42. The molecule has 16 heavy (non-hydrogen) atoms. The molecule has 2 unspecified atom stereocenters. The molecule has 1 aliphatic rings. The largest absolute Gasteiger partial charge is 0.330 e. The van der Waals surface area contributed by atoms with Crippen molar-refractivity contribution in [3.63, 3.8) is 0 Å². The molecule has 0 radical (unpaired) electrons. The Morgan fingerprint density at radius 3 is 2.62 bits per heavy atom. The van der Waals surface area contributed by atoms with Gasteiger partial charge in [0.1, 0.15) is 0 Å². The Hall–Kier alpha value is -0.0800. The summed E-state index contributed by atoms with van der Waals surface area (Å²) in [5, 5.41) is 0. The molecule has 0 heterocycles. The number of nitrogens with two attached hydrogens (primary N) is 1. The van der Waals surface area contributed by atoms with Crippen molar-refractivity contribution in [1.29, 1.82) is 0 Å². The summed E-state index contributed by atoms with van der Waals surface area (Å²) >= 11 is 0. The fraction of sp³-hybridized carbons (Fsp3) is 1.00. The van der Waals surface area contributed by atoms with Crippen LogP contribution >= 0.6 is 0 Å².